The van der Waals surface area contributed by atoms with E-state index in [-0.39, 0.29) is 31.1 Å². The molecule has 0 saturated heterocycles. The van der Waals surface area contributed by atoms with Crippen molar-refractivity contribution >= 4 is 11.9 Å². The summed E-state index contributed by atoms with van der Waals surface area (Å²) in [5.74, 6) is -2.62. The number of aromatic nitrogens is 2. The molecule has 11 heteroatoms. The standard InChI is InChI=1S/C20H24F3N3O5/c1-12(2)7-16(18(27)28)25-17(19(29)30)8-14-9-24-11-26(14)10-13-3-5-15(6-4-13)31-20(21,22)23/h3-6,9,11-12,16-17,25H,7-8,10H2,1-2H3,(H,27,28)(H,29,30). The summed E-state index contributed by atoms with van der Waals surface area (Å²) in [5.41, 5.74) is 1.18. The third-order valence-corrected chi connectivity index (χ3v) is 4.43. The number of rotatable bonds is 11. The second-order valence-corrected chi connectivity index (χ2v) is 7.49. The Morgan fingerprint density at radius 2 is 1.74 bits per heavy atom. The molecule has 2 unspecified atom stereocenters. The van der Waals surface area contributed by atoms with E-state index in [9.17, 15) is 33.0 Å². The van der Waals surface area contributed by atoms with Crippen LogP contribution in [-0.4, -0.2) is 50.1 Å². The number of alkyl halides is 3. The molecular formula is C20H24F3N3O5. The van der Waals surface area contributed by atoms with Gasteiger partial charge in [0, 0.05) is 24.9 Å². The number of nitrogens with one attached hydrogen (secondary N) is 1. The number of carboxylic acids is 2. The van der Waals surface area contributed by atoms with Crippen molar-refractivity contribution in [1.82, 2.24) is 14.9 Å². The van der Waals surface area contributed by atoms with Gasteiger partial charge in [-0.05, 0) is 30.0 Å². The molecule has 170 valence electrons. The van der Waals surface area contributed by atoms with Gasteiger partial charge in [-0.3, -0.25) is 14.9 Å². The number of aliphatic carboxylic acids is 2. The Hall–Kier alpha value is -3.08. The van der Waals surface area contributed by atoms with E-state index in [0.29, 0.717) is 11.3 Å². The van der Waals surface area contributed by atoms with Crippen LogP contribution < -0.4 is 10.1 Å². The first kappa shape index (κ1) is 24.2. The summed E-state index contributed by atoms with van der Waals surface area (Å²) in [7, 11) is 0. The molecule has 2 rings (SSSR count). The van der Waals surface area contributed by atoms with Crippen molar-refractivity contribution in [3.05, 3.63) is 48.0 Å². The molecule has 0 amide bonds. The van der Waals surface area contributed by atoms with E-state index in [2.05, 4.69) is 15.0 Å². The fourth-order valence-electron chi connectivity index (χ4n) is 3.03. The lowest BCUT2D eigenvalue weighted by atomic mass is 10.0. The molecule has 0 aliphatic rings. The number of halogens is 3. The van der Waals surface area contributed by atoms with E-state index in [4.69, 9.17) is 0 Å². The van der Waals surface area contributed by atoms with Crippen LogP contribution in [0, 0.1) is 5.92 Å². The molecule has 0 fully saturated rings. The van der Waals surface area contributed by atoms with Crippen molar-refractivity contribution in [1.29, 1.82) is 0 Å². The number of carboxylic acid groups (broad SMARTS) is 2. The molecule has 0 aliphatic carbocycles. The lowest BCUT2D eigenvalue weighted by molar-refractivity contribution is -0.274. The van der Waals surface area contributed by atoms with Crippen molar-refractivity contribution in [3.8, 4) is 5.75 Å². The van der Waals surface area contributed by atoms with E-state index >= 15 is 0 Å². The predicted molar refractivity (Wildman–Crippen MR) is 104 cm³/mol. The second kappa shape index (κ2) is 10.3. The molecule has 0 bridgehead atoms. The Bertz CT molecular complexity index is 881. The van der Waals surface area contributed by atoms with Crippen LogP contribution in [-0.2, 0) is 22.6 Å². The molecule has 0 aliphatic heterocycles. The summed E-state index contributed by atoms with van der Waals surface area (Å²) < 4.78 is 42.3. The van der Waals surface area contributed by atoms with E-state index < -0.39 is 30.4 Å². The van der Waals surface area contributed by atoms with E-state index in [1.165, 1.54) is 36.8 Å². The molecule has 0 spiro atoms. The minimum Gasteiger partial charge on any atom is -0.480 e. The number of ether oxygens (including phenoxy) is 1. The van der Waals surface area contributed by atoms with E-state index in [0.717, 1.165) is 0 Å². The Morgan fingerprint density at radius 1 is 1.13 bits per heavy atom. The molecule has 1 aromatic carbocycles. The van der Waals surface area contributed by atoms with Crippen LogP contribution in [0.4, 0.5) is 13.2 Å². The maximum absolute atomic E-state index is 12.3. The molecule has 1 aromatic heterocycles. The fourth-order valence-corrected chi connectivity index (χ4v) is 3.03. The highest BCUT2D eigenvalue weighted by atomic mass is 19.4. The number of hydrogen-bond acceptors (Lipinski definition) is 5. The van der Waals surface area contributed by atoms with Gasteiger partial charge in [0.2, 0.25) is 0 Å². The second-order valence-electron chi connectivity index (χ2n) is 7.49. The van der Waals surface area contributed by atoms with Gasteiger partial charge in [-0.15, -0.1) is 13.2 Å². The van der Waals surface area contributed by atoms with Gasteiger partial charge >= 0.3 is 18.3 Å². The molecule has 0 saturated carbocycles. The van der Waals surface area contributed by atoms with Crippen LogP contribution in [0.2, 0.25) is 0 Å². The zero-order chi connectivity index (χ0) is 23.2. The highest BCUT2D eigenvalue weighted by Gasteiger charge is 2.31. The van der Waals surface area contributed by atoms with Gasteiger partial charge in [-0.25, -0.2) is 4.98 Å². The molecule has 8 nitrogen and oxygen atoms in total. The number of imidazole rings is 1. The minimum atomic E-state index is -4.78. The maximum Gasteiger partial charge on any atom is 0.573 e. The van der Waals surface area contributed by atoms with Gasteiger partial charge in [0.15, 0.2) is 0 Å². The van der Waals surface area contributed by atoms with Gasteiger partial charge in [0.05, 0.1) is 6.33 Å². The molecule has 1 heterocycles. The summed E-state index contributed by atoms with van der Waals surface area (Å²) in [5, 5.41) is 21.6. The molecule has 2 atom stereocenters. The van der Waals surface area contributed by atoms with Crippen LogP contribution in [0.25, 0.3) is 0 Å². The number of nitrogens with zero attached hydrogens (tertiary/aromatic N) is 2. The zero-order valence-corrected chi connectivity index (χ0v) is 17.0. The summed E-state index contributed by atoms with van der Waals surface area (Å²) in [6.07, 6.45) is -1.59. The lowest BCUT2D eigenvalue weighted by Gasteiger charge is -2.22. The highest BCUT2D eigenvalue weighted by molar-refractivity contribution is 5.77. The van der Waals surface area contributed by atoms with Gasteiger partial charge in [0.1, 0.15) is 17.8 Å². The van der Waals surface area contributed by atoms with Crippen LogP contribution in [0.5, 0.6) is 5.75 Å². The average Bonchev–Trinajstić information content (AvgIpc) is 3.07. The summed E-state index contributed by atoms with van der Waals surface area (Å²) in [4.78, 5) is 27.2. The summed E-state index contributed by atoms with van der Waals surface area (Å²) in [6.45, 7) is 3.92. The highest BCUT2D eigenvalue weighted by Crippen LogP contribution is 2.23. The van der Waals surface area contributed by atoms with E-state index in [1.807, 2.05) is 13.8 Å². The minimum absolute atomic E-state index is 0.0214. The van der Waals surface area contributed by atoms with Crippen LogP contribution in [0.1, 0.15) is 31.5 Å². The van der Waals surface area contributed by atoms with Crippen LogP contribution >= 0.6 is 0 Å². The SMILES string of the molecule is CC(C)CC(NC(Cc1cncn1Cc1ccc(OC(F)(F)F)cc1)C(=O)O)C(=O)O. The summed E-state index contributed by atoms with van der Waals surface area (Å²) in [6, 6.07) is 3.12. The number of benzene rings is 1. The quantitative estimate of drug-likeness (QED) is 0.489. The normalized spacial score (nSPS) is 13.7. The van der Waals surface area contributed by atoms with Gasteiger partial charge in [0.25, 0.3) is 0 Å². The van der Waals surface area contributed by atoms with E-state index in [1.54, 1.807) is 4.57 Å². The fraction of sp³-hybridized carbons (Fsp3) is 0.450. The molecule has 0 radical (unpaired) electrons. The maximum atomic E-state index is 12.3. The molecule has 31 heavy (non-hydrogen) atoms. The van der Waals surface area contributed by atoms with Gasteiger partial charge < -0.3 is 19.5 Å². The van der Waals surface area contributed by atoms with Crippen molar-refractivity contribution in [3.63, 3.8) is 0 Å². The Morgan fingerprint density at radius 3 is 2.26 bits per heavy atom. The number of carbonyl (C=O) groups is 2. The summed E-state index contributed by atoms with van der Waals surface area (Å²) >= 11 is 0. The zero-order valence-electron chi connectivity index (χ0n) is 17.0. The third-order valence-electron chi connectivity index (χ3n) is 4.43. The van der Waals surface area contributed by atoms with Crippen LogP contribution in [0.15, 0.2) is 36.8 Å². The molecule has 2 aromatic rings. The molecular weight excluding hydrogens is 419 g/mol. The number of hydrogen-bond donors (Lipinski definition) is 3. The van der Waals surface area contributed by atoms with Crippen molar-refractivity contribution in [2.24, 2.45) is 5.92 Å². The predicted octanol–water partition coefficient (Wildman–Crippen LogP) is 2.91. The first-order chi connectivity index (χ1) is 14.4. The average molecular weight is 443 g/mol. The van der Waals surface area contributed by atoms with Gasteiger partial charge in [-0.2, -0.15) is 0 Å². The topological polar surface area (TPSA) is 114 Å². The first-order valence-electron chi connectivity index (χ1n) is 9.50. The monoisotopic (exact) mass is 443 g/mol. The lowest BCUT2D eigenvalue weighted by Crippen LogP contribution is -2.49. The largest absolute Gasteiger partial charge is 0.573 e. The smallest absolute Gasteiger partial charge is 0.480 e. The van der Waals surface area contributed by atoms with Crippen molar-refractivity contribution in [2.45, 2.75) is 51.7 Å². The Balaban J connectivity index is 2.10. The van der Waals surface area contributed by atoms with Crippen LogP contribution in [0.3, 0.4) is 0 Å². The third kappa shape index (κ3) is 7.93. The Labute approximate surface area is 176 Å². The first-order valence-corrected chi connectivity index (χ1v) is 9.50. The van der Waals surface area contributed by atoms with Gasteiger partial charge in [-0.1, -0.05) is 26.0 Å². The van der Waals surface area contributed by atoms with Crippen molar-refractivity contribution < 1.29 is 37.7 Å². The molecule has 3 N–H and O–H groups in total. The Kier molecular flexibility index (Phi) is 8.03. The van der Waals surface area contributed by atoms with Crippen molar-refractivity contribution in [2.75, 3.05) is 0 Å².